The molecule has 0 saturated heterocycles. The van der Waals surface area contributed by atoms with Crippen molar-refractivity contribution in [3.8, 4) is 0 Å². The number of rotatable bonds is 8. The summed E-state index contributed by atoms with van der Waals surface area (Å²) >= 11 is 1.71. The van der Waals surface area contributed by atoms with Crippen LogP contribution in [0.15, 0.2) is 0 Å². The molecule has 0 saturated carbocycles. The minimum absolute atomic E-state index is 0.198. The lowest BCUT2D eigenvalue weighted by Gasteiger charge is -2.20. The molecule has 1 aromatic rings. The molecule has 4 nitrogen and oxygen atoms in total. The van der Waals surface area contributed by atoms with Gasteiger partial charge in [0.2, 0.25) is 0 Å². The number of hydrogen-bond acceptors (Lipinski definition) is 5. The Morgan fingerprint density at radius 2 is 1.83 bits per heavy atom. The van der Waals surface area contributed by atoms with E-state index in [1.165, 1.54) is 0 Å². The summed E-state index contributed by atoms with van der Waals surface area (Å²) in [6.07, 6.45) is 3.00. The lowest BCUT2D eigenvalue weighted by molar-refractivity contribution is 0.150. The summed E-state index contributed by atoms with van der Waals surface area (Å²) < 4.78 is 5.31. The van der Waals surface area contributed by atoms with Crippen LogP contribution in [0.5, 0.6) is 0 Å². The zero-order valence-electron chi connectivity index (χ0n) is 12.0. The van der Waals surface area contributed by atoms with Gasteiger partial charge in [0.1, 0.15) is 10.0 Å². The number of nitrogens with zero attached hydrogens (tertiary/aromatic N) is 2. The van der Waals surface area contributed by atoms with Crippen LogP contribution >= 0.6 is 11.3 Å². The highest BCUT2D eigenvalue weighted by Crippen LogP contribution is 2.12. The molecule has 0 aliphatic carbocycles. The molecule has 1 aromatic heterocycles. The van der Waals surface area contributed by atoms with Crippen LogP contribution in [0.3, 0.4) is 0 Å². The van der Waals surface area contributed by atoms with Crippen LogP contribution in [0.4, 0.5) is 0 Å². The molecular weight excluding hydrogens is 246 g/mol. The van der Waals surface area contributed by atoms with E-state index < -0.39 is 0 Å². The third kappa shape index (κ3) is 7.03. The van der Waals surface area contributed by atoms with Crippen LogP contribution in [0, 0.1) is 0 Å². The van der Waals surface area contributed by atoms with Gasteiger partial charge in [-0.2, -0.15) is 0 Å². The molecule has 0 atom stereocenters. The molecule has 0 aliphatic heterocycles. The first-order chi connectivity index (χ1) is 8.51. The molecule has 0 aromatic carbocycles. The van der Waals surface area contributed by atoms with Gasteiger partial charge in [0.05, 0.1) is 6.61 Å². The molecule has 0 spiro atoms. The van der Waals surface area contributed by atoms with Crippen LogP contribution < -0.4 is 5.32 Å². The highest BCUT2D eigenvalue weighted by molar-refractivity contribution is 7.11. The fourth-order valence-corrected chi connectivity index (χ4v) is 2.36. The number of aryl methyl sites for hydroxylation is 1. The van der Waals surface area contributed by atoms with E-state index in [1.54, 1.807) is 11.3 Å². The molecule has 18 heavy (non-hydrogen) atoms. The molecule has 0 aliphatic rings. The molecule has 1 heterocycles. The monoisotopic (exact) mass is 271 g/mol. The molecule has 5 heteroatoms. The Bertz CT molecular complexity index is 333. The van der Waals surface area contributed by atoms with Crippen molar-refractivity contribution >= 4 is 11.3 Å². The molecule has 1 rings (SSSR count). The summed E-state index contributed by atoms with van der Waals surface area (Å²) in [5.41, 5.74) is 0.198. The predicted molar refractivity (Wildman–Crippen MR) is 76.2 cm³/mol. The molecule has 104 valence electrons. The Morgan fingerprint density at radius 3 is 2.44 bits per heavy atom. The van der Waals surface area contributed by atoms with Crippen molar-refractivity contribution in [1.82, 2.24) is 15.5 Å². The second-order valence-electron chi connectivity index (χ2n) is 5.32. The summed E-state index contributed by atoms with van der Waals surface area (Å²) in [6, 6.07) is 0. The van der Waals surface area contributed by atoms with Crippen LogP contribution in [-0.2, 0) is 17.6 Å². The first-order valence-corrected chi connectivity index (χ1v) is 7.47. The summed E-state index contributed by atoms with van der Waals surface area (Å²) in [7, 11) is 0. The van der Waals surface area contributed by atoms with Crippen LogP contribution in [-0.4, -0.2) is 35.5 Å². The lowest BCUT2D eigenvalue weighted by atomic mass is 10.1. The SMILES string of the molecule is CCOCCc1nnc(CCCNC(C)(C)C)s1. The standard InChI is InChI=1S/C13H25N3OS/c1-5-17-10-8-12-16-15-11(18-12)7-6-9-14-13(2,3)4/h14H,5-10H2,1-4H3. The first-order valence-electron chi connectivity index (χ1n) is 6.65. The van der Waals surface area contributed by atoms with E-state index >= 15 is 0 Å². The van der Waals surface area contributed by atoms with Crippen molar-refractivity contribution in [2.24, 2.45) is 0 Å². The Kier molecular flexibility index (Phi) is 6.75. The normalized spacial score (nSPS) is 12.0. The average Bonchev–Trinajstić information content (AvgIpc) is 2.72. The molecule has 0 amide bonds. The largest absolute Gasteiger partial charge is 0.381 e. The van der Waals surface area contributed by atoms with Crippen LogP contribution in [0.2, 0.25) is 0 Å². The second-order valence-corrected chi connectivity index (χ2v) is 6.46. The zero-order chi connectivity index (χ0) is 13.4. The Hall–Kier alpha value is -0.520. The third-order valence-corrected chi connectivity index (χ3v) is 3.44. The Balaban J connectivity index is 2.19. The summed E-state index contributed by atoms with van der Waals surface area (Å²) in [5, 5.41) is 14.1. The van der Waals surface area contributed by atoms with E-state index in [4.69, 9.17) is 4.74 Å². The van der Waals surface area contributed by atoms with Crippen molar-refractivity contribution in [3.63, 3.8) is 0 Å². The van der Waals surface area contributed by atoms with Crippen LogP contribution in [0.25, 0.3) is 0 Å². The van der Waals surface area contributed by atoms with Crippen molar-refractivity contribution in [2.75, 3.05) is 19.8 Å². The highest BCUT2D eigenvalue weighted by atomic mass is 32.1. The van der Waals surface area contributed by atoms with Crippen molar-refractivity contribution < 1.29 is 4.74 Å². The minimum Gasteiger partial charge on any atom is -0.381 e. The topological polar surface area (TPSA) is 47.0 Å². The predicted octanol–water partition coefficient (Wildman–Crippen LogP) is 2.44. The van der Waals surface area contributed by atoms with Gasteiger partial charge in [-0.1, -0.05) is 0 Å². The van der Waals surface area contributed by atoms with Gasteiger partial charge in [0.15, 0.2) is 0 Å². The lowest BCUT2D eigenvalue weighted by Crippen LogP contribution is -2.36. The van der Waals surface area contributed by atoms with Crippen molar-refractivity contribution in [1.29, 1.82) is 0 Å². The van der Waals surface area contributed by atoms with E-state index in [9.17, 15) is 0 Å². The number of hydrogen-bond donors (Lipinski definition) is 1. The maximum atomic E-state index is 5.31. The van der Waals surface area contributed by atoms with Gasteiger partial charge >= 0.3 is 0 Å². The van der Waals surface area contributed by atoms with E-state index in [0.29, 0.717) is 0 Å². The highest BCUT2D eigenvalue weighted by Gasteiger charge is 2.08. The maximum Gasteiger partial charge on any atom is 0.119 e. The fourth-order valence-electron chi connectivity index (χ4n) is 1.50. The average molecular weight is 271 g/mol. The zero-order valence-corrected chi connectivity index (χ0v) is 12.8. The van der Waals surface area contributed by atoms with Gasteiger partial charge in [-0.25, -0.2) is 0 Å². The smallest absolute Gasteiger partial charge is 0.119 e. The molecular formula is C13H25N3OS. The van der Waals surface area contributed by atoms with Gasteiger partial charge in [0.25, 0.3) is 0 Å². The van der Waals surface area contributed by atoms with Gasteiger partial charge in [-0.3, -0.25) is 0 Å². The van der Waals surface area contributed by atoms with Crippen LogP contribution in [0.1, 0.15) is 44.1 Å². The Labute approximate surface area is 114 Å². The molecule has 0 unspecified atom stereocenters. The Morgan fingerprint density at radius 1 is 1.17 bits per heavy atom. The number of ether oxygens (including phenoxy) is 1. The van der Waals surface area contributed by atoms with Crippen molar-refractivity contribution in [2.45, 2.75) is 52.5 Å². The van der Waals surface area contributed by atoms with Crippen molar-refractivity contribution in [3.05, 3.63) is 10.0 Å². The summed E-state index contributed by atoms with van der Waals surface area (Å²) in [5.74, 6) is 0. The number of aromatic nitrogens is 2. The first kappa shape index (κ1) is 15.5. The molecule has 0 radical (unpaired) electrons. The van der Waals surface area contributed by atoms with Gasteiger partial charge < -0.3 is 10.1 Å². The van der Waals surface area contributed by atoms with E-state index in [-0.39, 0.29) is 5.54 Å². The minimum atomic E-state index is 0.198. The third-order valence-electron chi connectivity index (χ3n) is 2.40. The summed E-state index contributed by atoms with van der Waals surface area (Å²) in [4.78, 5) is 0. The summed E-state index contributed by atoms with van der Waals surface area (Å²) in [6.45, 7) is 11.1. The second kappa shape index (κ2) is 7.81. The maximum absolute atomic E-state index is 5.31. The molecule has 1 N–H and O–H groups in total. The molecule has 0 bridgehead atoms. The van der Waals surface area contributed by atoms with E-state index in [2.05, 4.69) is 36.3 Å². The van der Waals surface area contributed by atoms with Gasteiger partial charge in [-0.05, 0) is 40.7 Å². The fraction of sp³-hybridized carbons (Fsp3) is 0.846. The quantitative estimate of drug-likeness (QED) is 0.738. The molecule has 0 fully saturated rings. The van der Waals surface area contributed by atoms with Gasteiger partial charge in [0, 0.05) is 25.0 Å². The van der Waals surface area contributed by atoms with Gasteiger partial charge in [-0.15, -0.1) is 21.5 Å². The number of nitrogens with one attached hydrogen (secondary N) is 1. The van der Waals surface area contributed by atoms with E-state index in [1.807, 2.05) is 6.92 Å². The van der Waals surface area contributed by atoms with E-state index in [0.717, 1.165) is 49.0 Å².